The average molecular weight is 397 g/mol. The average Bonchev–Trinajstić information content (AvgIpc) is 3.15. The van der Waals surface area contributed by atoms with E-state index >= 15 is 0 Å². The molecule has 1 N–H and O–H groups in total. The molecular weight excluding hydrogens is 374 g/mol. The first-order chi connectivity index (χ1) is 14.1. The zero-order valence-corrected chi connectivity index (χ0v) is 16.4. The second-order valence-electron chi connectivity index (χ2n) is 6.99. The van der Waals surface area contributed by atoms with Gasteiger partial charge in [-0.2, -0.15) is 0 Å². The van der Waals surface area contributed by atoms with Crippen LogP contribution in [0.2, 0.25) is 0 Å². The molecule has 0 radical (unpaired) electrons. The van der Waals surface area contributed by atoms with E-state index in [1.165, 1.54) is 0 Å². The normalized spacial score (nSPS) is 14.9. The van der Waals surface area contributed by atoms with E-state index in [0.717, 1.165) is 16.3 Å². The molecule has 152 valence electrons. The monoisotopic (exact) mass is 397 g/mol. The van der Waals surface area contributed by atoms with Gasteiger partial charge in [-0.25, -0.2) is 9.78 Å². The van der Waals surface area contributed by atoms with E-state index in [2.05, 4.69) is 10.3 Å². The van der Waals surface area contributed by atoms with Crippen LogP contribution in [0.5, 0.6) is 5.75 Å². The standard InChI is InChI=1S/C21H23N3O5/c1-3-28-21(26)24-8-6-15(7-9-24)22-19(25)18-11-14-10-13-4-5-16(27-2)12-17(13)23-20(14)29-18/h4-5,10-12,15H,3,6-9H2,1-2H3,(H,22,25). The third-order valence-electron chi connectivity index (χ3n) is 5.09. The number of carbonyl (C=O) groups is 2. The summed E-state index contributed by atoms with van der Waals surface area (Å²) in [6.07, 6.45) is 1.05. The van der Waals surface area contributed by atoms with Crippen molar-refractivity contribution < 1.29 is 23.5 Å². The summed E-state index contributed by atoms with van der Waals surface area (Å²) in [5.74, 6) is 0.657. The smallest absolute Gasteiger partial charge is 0.409 e. The number of piperidine rings is 1. The van der Waals surface area contributed by atoms with Gasteiger partial charge in [0, 0.05) is 36.0 Å². The summed E-state index contributed by atoms with van der Waals surface area (Å²) in [6, 6.07) is 9.24. The van der Waals surface area contributed by atoms with Gasteiger partial charge in [-0.3, -0.25) is 4.79 Å². The van der Waals surface area contributed by atoms with Crippen LogP contribution in [0.25, 0.3) is 22.0 Å². The summed E-state index contributed by atoms with van der Waals surface area (Å²) in [5, 5.41) is 4.70. The Balaban J connectivity index is 1.45. The number of rotatable bonds is 4. The molecule has 0 spiro atoms. The van der Waals surface area contributed by atoms with Gasteiger partial charge < -0.3 is 24.1 Å². The highest BCUT2D eigenvalue weighted by atomic mass is 16.6. The van der Waals surface area contributed by atoms with Gasteiger partial charge in [-0.15, -0.1) is 0 Å². The Bertz CT molecular complexity index is 1050. The van der Waals surface area contributed by atoms with Crippen molar-refractivity contribution in [3.63, 3.8) is 0 Å². The zero-order chi connectivity index (χ0) is 20.4. The fourth-order valence-electron chi connectivity index (χ4n) is 3.52. The second kappa shape index (κ2) is 7.98. The van der Waals surface area contributed by atoms with Crippen LogP contribution < -0.4 is 10.1 Å². The lowest BCUT2D eigenvalue weighted by Gasteiger charge is -2.31. The summed E-state index contributed by atoms with van der Waals surface area (Å²) in [6.45, 7) is 3.25. The van der Waals surface area contributed by atoms with Crippen LogP contribution >= 0.6 is 0 Å². The number of carbonyl (C=O) groups excluding carboxylic acids is 2. The number of hydrogen-bond acceptors (Lipinski definition) is 6. The highest BCUT2D eigenvalue weighted by Crippen LogP contribution is 2.26. The van der Waals surface area contributed by atoms with E-state index in [9.17, 15) is 9.59 Å². The number of aromatic nitrogens is 1. The van der Waals surface area contributed by atoms with Crippen LogP contribution in [0.4, 0.5) is 4.79 Å². The molecule has 8 heteroatoms. The van der Waals surface area contributed by atoms with Crippen LogP contribution in [0.1, 0.15) is 30.3 Å². The number of nitrogens with zero attached hydrogens (tertiary/aromatic N) is 2. The number of likely N-dealkylation sites (tertiary alicyclic amines) is 1. The lowest BCUT2D eigenvalue weighted by molar-refractivity contribution is 0.0842. The highest BCUT2D eigenvalue weighted by Gasteiger charge is 2.25. The number of pyridine rings is 1. The van der Waals surface area contributed by atoms with Gasteiger partial charge in [-0.05, 0) is 44.0 Å². The number of ether oxygens (including phenoxy) is 2. The van der Waals surface area contributed by atoms with E-state index in [-0.39, 0.29) is 23.8 Å². The van der Waals surface area contributed by atoms with Crippen LogP contribution in [-0.4, -0.2) is 54.7 Å². The third kappa shape index (κ3) is 3.96. The molecule has 0 bridgehead atoms. The molecule has 1 saturated heterocycles. The van der Waals surface area contributed by atoms with E-state index in [1.807, 2.05) is 24.3 Å². The summed E-state index contributed by atoms with van der Waals surface area (Å²) < 4.78 is 15.9. The molecule has 2 amide bonds. The Kier molecular flexibility index (Phi) is 5.24. The first-order valence-electron chi connectivity index (χ1n) is 9.68. The number of fused-ring (bicyclic) bond motifs is 2. The number of benzene rings is 1. The van der Waals surface area contributed by atoms with E-state index in [0.29, 0.717) is 44.0 Å². The Morgan fingerprint density at radius 3 is 2.72 bits per heavy atom. The van der Waals surface area contributed by atoms with E-state index in [1.54, 1.807) is 25.0 Å². The minimum atomic E-state index is -0.302. The number of nitrogens with one attached hydrogen (secondary N) is 1. The Morgan fingerprint density at radius 2 is 2.00 bits per heavy atom. The Morgan fingerprint density at radius 1 is 1.21 bits per heavy atom. The van der Waals surface area contributed by atoms with E-state index in [4.69, 9.17) is 13.9 Å². The van der Waals surface area contributed by atoms with Gasteiger partial charge in [0.05, 0.1) is 19.2 Å². The molecule has 3 heterocycles. The molecule has 1 fully saturated rings. The van der Waals surface area contributed by atoms with Gasteiger partial charge in [-0.1, -0.05) is 0 Å². The molecule has 1 aliphatic rings. The zero-order valence-electron chi connectivity index (χ0n) is 16.4. The molecule has 29 heavy (non-hydrogen) atoms. The molecule has 2 aromatic heterocycles. The van der Waals surface area contributed by atoms with Crippen molar-refractivity contribution in [3.8, 4) is 5.75 Å². The molecule has 1 aliphatic heterocycles. The van der Waals surface area contributed by atoms with Gasteiger partial charge >= 0.3 is 6.09 Å². The van der Waals surface area contributed by atoms with Gasteiger partial charge in [0.15, 0.2) is 5.76 Å². The molecule has 4 rings (SSSR count). The quantitative estimate of drug-likeness (QED) is 0.726. The topological polar surface area (TPSA) is 93.9 Å². The number of furan rings is 1. The van der Waals surface area contributed by atoms with Crippen molar-refractivity contribution >= 4 is 34.0 Å². The lowest BCUT2D eigenvalue weighted by atomic mass is 10.1. The Labute approximate surface area is 167 Å². The van der Waals surface area contributed by atoms with Crippen LogP contribution in [0, 0.1) is 0 Å². The third-order valence-corrected chi connectivity index (χ3v) is 5.09. The highest BCUT2D eigenvalue weighted by molar-refractivity contribution is 5.98. The largest absolute Gasteiger partial charge is 0.497 e. The molecular formula is C21H23N3O5. The molecule has 0 aliphatic carbocycles. The molecule has 0 saturated carbocycles. The minimum absolute atomic E-state index is 0.0160. The first-order valence-corrected chi connectivity index (χ1v) is 9.68. The molecule has 3 aromatic rings. The summed E-state index contributed by atoms with van der Waals surface area (Å²) in [5.41, 5.74) is 1.15. The SMILES string of the molecule is CCOC(=O)N1CCC(NC(=O)c2cc3cc4ccc(OC)cc4nc3o2)CC1. The van der Waals surface area contributed by atoms with Gasteiger partial charge in [0.1, 0.15) is 5.75 Å². The molecule has 1 aromatic carbocycles. The van der Waals surface area contributed by atoms with Crippen molar-refractivity contribution in [3.05, 3.63) is 36.1 Å². The van der Waals surface area contributed by atoms with Crippen LogP contribution in [0.3, 0.4) is 0 Å². The molecule has 0 atom stereocenters. The fourth-order valence-corrected chi connectivity index (χ4v) is 3.52. The summed E-state index contributed by atoms with van der Waals surface area (Å²) >= 11 is 0. The predicted octanol–water partition coefficient (Wildman–Crippen LogP) is 3.34. The van der Waals surface area contributed by atoms with Crippen molar-refractivity contribution in [2.24, 2.45) is 0 Å². The van der Waals surface area contributed by atoms with Gasteiger partial charge in [0.2, 0.25) is 5.71 Å². The summed E-state index contributed by atoms with van der Waals surface area (Å²) in [4.78, 5) is 30.6. The Hall–Kier alpha value is -3.29. The predicted molar refractivity (Wildman–Crippen MR) is 107 cm³/mol. The number of hydrogen-bond donors (Lipinski definition) is 1. The maximum Gasteiger partial charge on any atom is 0.409 e. The summed E-state index contributed by atoms with van der Waals surface area (Å²) in [7, 11) is 1.60. The minimum Gasteiger partial charge on any atom is -0.497 e. The molecule has 0 unspecified atom stereocenters. The first kappa shape index (κ1) is 19.0. The van der Waals surface area contributed by atoms with E-state index < -0.39 is 0 Å². The second-order valence-corrected chi connectivity index (χ2v) is 6.99. The van der Waals surface area contributed by atoms with Crippen molar-refractivity contribution in [1.29, 1.82) is 0 Å². The molecule has 8 nitrogen and oxygen atoms in total. The van der Waals surface area contributed by atoms with Crippen molar-refractivity contribution in [2.75, 3.05) is 26.8 Å². The number of methoxy groups -OCH3 is 1. The lowest BCUT2D eigenvalue weighted by Crippen LogP contribution is -2.46. The number of amides is 2. The maximum atomic E-state index is 12.6. The van der Waals surface area contributed by atoms with Crippen LogP contribution in [0.15, 0.2) is 34.7 Å². The van der Waals surface area contributed by atoms with Crippen molar-refractivity contribution in [2.45, 2.75) is 25.8 Å². The van der Waals surface area contributed by atoms with Crippen LogP contribution in [-0.2, 0) is 4.74 Å². The maximum absolute atomic E-state index is 12.6. The van der Waals surface area contributed by atoms with Crippen molar-refractivity contribution in [1.82, 2.24) is 15.2 Å². The fraction of sp³-hybridized carbons (Fsp3) is 0.381. The van der Waals surface area contributed by atoms with Gasteiger partial charge in [0.25, 0.3) is 5.91 Å².